The number of hydrogen-bond donors (Lipinski definition) is 1. The highest BCUT2D eigenvalue weighted by Crippen LogP contribution is 2.25. The molecule has 0 spiro atoms. The van der Waals surface area contributed by atoms with Crippen LogP contribution in [0.2, 0.25) is 0 Å². The van der Waals surface area contributed by atoms with Crippen LogP contribution in [0.1, 0.15) is 19.3 Å². The van der Waals surface area contributed by atoms with Gasteiger partial charge in [-0.25, -0.2) is 0 Å². The number of oxazole rings is 1. The normalized spacial score (nSPS) is 16.9. The van der Waals surface area contributed by atoms with Gasteiger partial charge in [-0.15, -0.1) is 0 Å². The van der Waals surface area contributed by atoms with E-state index in [0.717, 1.165) is 56.1 Å². The molecule has 2 N–H and O–H groups in total. The van der Waals surface area contributed by atoms with Crippen LogP contribution in [0.25, 0.3) is 11.1 Å². The van der Waals surface area contributed by atoms with Crippen molar-refractivity contribution in [2.24, 2.45) is 5.73 Å². The maximum Gasteiger partial charge on any atom is 0.298 e. The summed E-state index contributed by atoms with van der Waals surface area (Å²) < 4.78 is 11.6. The minimum Gasteiger partial charge on any atom is -0.423 e. The van der Waals surface area contributed by atoms with Gasteiger partial charge in [0.25, 0.3) is 6.01 Å². The number of nitrogens with two attached hydrogens (primary N) is 1. The van der Waals surface area contributed by atoms with Crippen molar-refractivity contribution in [3.05, 3.63) is 24.3 Å². The standard InChI is InChI=1S/C15H21N3O2/c16-8-3-11-19-12-6-9-18(10-7-12)15-17-13-4-1-2-5-14(13)20-15/h1-2,4-5,12H,3,6-11,16H2. The van der Waals surface area contributed by atoms with Crippen molar-refractivity contribution in [2.45, 2.75) is 25.4 Å². The highest BCUT2D eigenvalue weighted by atomic mass is 16.5. The van der Waals surface area contributed by atoms with E-state index < -0.39 is 0 Å². The fourth-order valence-electron chi connectivity index (χ4n) is 2.54. The zero-order valence-electron chi connectivity index (χ0n) is 11.6. The second-order valence-corrected chi connectivity index (χ2v) is 5.16. The number of rotatable bonds is 5. The van der Waals surface area contributed by atoms with Crippen LogP contribution in [0.4, 0.5) is 6.01 Å². The number of benzene rings is 1. The SMILES string of the molecule is NCCCOC1CCN(c2nc3ccccc3o2)CC1. The minimum atomic E-state index is 0.349. The van der Waals surface area contributed by atoms with E-state index in [1.54, 1.807) is 0 Å². The highest BCUT2D eigenvalue weighted by molar-refractivity contribution is 5.74. The summed E-state index contributed by atoms with van der Waals surface area (Å²) in [7, 11) is 0. The lowest BCUT2D eigenvalue weighted by atomic mass is 10.1. The minimum absolute atomic E-state index is 0.349. The van der Waals surface area contributed by atoms with Gasteiger partial charge in [0.1, 0.15) is 5.52 Å². The van der Waals surface area contributed by atoms with Gasteiger partial charge in [0.15, 0.2) is 5.58 Å². The molecule has 0 saturated carbocycles. The van der Waals surface area contributed by atoms with Crippen molar-refractivity contribution in [3.63, 3.8) is 0 Å². The number of para-hydroxylation sites is 2. The fourth-order valence-corrected chi connectivity index (χ4v) is 2.54. The van der Waals surface area contributed by atoms with Crippen LogP contribution in [-0.2, 0) is 4.74 Å². The highest BCUT2D eigenvalue weighted by Gasteiger charge is 2.22. The number of anilines is 1. The van der Waals surface area contributed by atoms with E-state index in [-0.39, 0.29) is 0 Å². The first-order chi connectivity index (χ1) is 9.86. The Morgan fingerprint density at radius 1 is 1.30 bits per heavy atom. The molecule has 20 heavy (non-hydrogen) atoms. The average Bonchev–Trinajstić information content (AvgIpc) is 2.92. The Kier molecular flexibility index (Phi) is 4.18. The Labute approximate surface area is 118 Å². The van der Waals surface area contributed by atoms with E-state index in [1.807, 2.05) is 24.3 Å². The number of ether oxygens (including phenoxy) is 1. The molecule has 2 heterocycles. The quantitative estimate of drug-likeness (QED) is 0.847. The van der Waals surface area contributed by atoms with Crippen LogP contribution in [0.15, 0.2) is 28.7 Å². The van der Waals surface area contributed by atoms with Crippen molar-refractivity contribution in [1.82, 2.24) is 4.98 Å². The lowest BCUT2D eigenvalue weighted by molar-refractivity contribution is 0.0361. The molecule has 1 aromatic carbocycles. The largest absolute Gasteiger partial charge is 0.423 e. The van der Waals surface area contributed by atoms with Crippen LogP contribution in [0.5, 0.6) is 0 Å². The first-order valence-electron chi connectivity index (χ1n) is 7.29. The lowest BCUT2D eigenvalue weighted by Crippen LogP contribution is -2.37. The van der Waals surface area contributed by atoms with Gasteiger partial charge in [-0.3, -0.25) is 0 Å². The lowest BCUT2D eigenvalue weighted by Gasteiger charge is -2.30. The third-order valence-corrected chi connectivity index (χ3v) is 3.70. The molecule has 1 aliphatic rings. The molecule has 0 atom stereocenters. The number of piperidine rings is 1. The monoisotopic (exact) mass is 275 g/mol. The molecule has 108 valence electrons. The topological polar surface area (TPSA) is 64.5 Å². The number of fused-ring (bicyclic) bond motifs is 1. The van der Waals surface area contributed by atoms with Crippen LogP contribution in [-0.4, -0.2) is 37.3 Å². The molecule has 1 aliphatic heterocycles. The Morgan fingerprint density at radius 2 is 2.10 bits per heavy atom. The fraction of sp³-hybridized carbons (Fsp3) is 0.533. The maximum absolute atomic E-state index is 5.81. The van der Waals surface area contributed by atoms with E-state index in [9.17, 15) is 0 Å². The predicted molar refractivity (Wildman–Crippen MR) is 78.9 cm³/mol. The third-order valence-electron chi connectivity index (χ3n) is 3.70. The van der Waals surface area contributed by atoms with E-state index in [1.165, 1.54) is 0 Å². The summed E-state index contributed by atoms with van der Waals surface area (Å²) in [4.78, 5) is 6.74. The van der Waals surface area contributed by atoms with Crippen LogP contribution in [0.3, 0.4) is 0 Å². The molecule has 1 fully saturated rings. The van der Waals surface area contributed by atoms with E-state index in [4.69, 9.17) is 14.9 Å². The number of hydrogen-bond acceptors (Lipinski definition) is 5. The van der Waals surface area contributed by atoms with Crippen molar-refractivity contribution in [2.75, 3.05) is 31.1 Å². The van der Waals surface area contributed by atoms with E-state index in [0.29, 0.717) is 12.6 Å². The van der Waals surface area contributed by atoms with Crippen LogP contribution < -0.4 is 10.6 Å². The number of nitrogens with zero attached hydrogens (tertiary/aromatic N) is 2. The zero-order chi connectivity index (χ0) is 13.8. The molecular weight excluding hydrogens is 254 g/mol. The molecule has 1 aromatic heterocycles. The summed E-state index contributed by atoms with van der Waals surface area (Å²) in [6, 6.07) is 8.60. The molecule has 5 heteroatoms. The van der Waals surface area contributed by atoms with E-state index in [2.05, 4.69) is 9.88 Å². The van der Waals surface area contributed by atoms with Crippen molar-refractivity contribution in [3.8, 4) is 0 Å². The zero-order valence-corrected chi connectivity index (χ0v) is 11.6. The van der Waals surface area contributed by atoms with Gasteiger partial charge in [-0.1, -0.05) is 12.1 Å². The van der Waals surface area contributed by atoms with Crippen molar-refractivity contribution < 1.29 is 9.15 Å². The van der Waals surface area contributed by atoms with E-state index >= 15 is 0 Å². The molecule has 0 bridgehead atoms. The van der Waals surface area contributed by atoms with Gasteiger partial charge < -0.3 is 19.8 Å². The van der Waals surface area contributed by atoms with Crippen molar-refractivity contribution >= 4 is 17.1 Å². The second kappa shape index (κ2) is 6.24. The average molecular weight is 275 g/mol. The van der Waals surface area contributed by atoms with Gasteiger partial charge >= 0.3 is 0 Å². The van der Waals surface area contributed by atoms with Crippen LogP contribution in [0, 0.1) is 0 Å². The first-order valence-corrected chi connectivity index (χ1v) is 7.29. The summed E-state index contributed by atoms with van der Waals surface area (Å²) >= 11 is 0. The summed E-state index contributed by atoms with van der Waals surface area (Å²) in [5.74, 6) is 0. The Morgan fingerprint density at radius 3 is 2.85 bits per heavy atom. The molecule has 5 nitrogen and oxygen atoms in total. The molecular formula is C15H21N3O2. The Hall–Kier alpha value is -1.59. The van der Waals surface area contributed by atoms with Crippen LogP contribution >= 0.6 is 0 Å². The van der Waals surface area contributed by atoms with Gasteiger partial charge in [-0.2, -0.15) is 4.98 Å². The molecule has 0 aliphatic carbocycles. The molecule has 2 aromatic rings. The van der Waals surface area contributed by atoms with Gasteiger partial charge in [0.2, 0.25) is 0 Å². The predicted octanol–water partition coefficient (Wildman–Crippen LogP) is 2.16. The first kappa shape index (κ1) is 13.4. The van der Waals surface area contributed by atoms with Gasteiger partial charge in [-0.05, 0) is 37.9 Å². The molecule has 1 saturated heterocycles. The third kappa shape index (κ3) is 2.94. The second-order valence-electron chi connectivity index (χ2n) is 5.16. The summed E-state index contributed by atoms with van der Waals surface area (Å²) in [5.41, 5.74) is 7.24. The molecule has 0 amide bonds. The summed E-state index contributed by atoms with van der Waals surface area (Å²) in [6.45, 7) is 3.33. The Balaban J connectivity index is 1.57. The summed E-state index contributed by atoms with van der Waals surface area (Å²) in [6.07, 6.45) is 3.32. The Bertz CT molecular complexity index is 514. The van der Waals surface area contributed by atoms with Gasteiger partial charge in [0.05, 0.1) is 6.10 Å². The number of aromatic nitrogens is 1. The molecule has 0 radical (unpaired) electrons. The maximum atomic E-state index is 5.81. The smallest absolute Gasteiger partial charge is 0.298 e. The van der Waals surface area contributed by atoms with Crippen molar-refractivity contribution in [1.29, 1.82) is 0 Å². The van der Waals surface area contributed by atoms with Gasteiger partial charge in [0, 0.05) is 19.7 Å². The summed E-state index contributed by atoms with van der Waals surface area (Å²) in [5, 5.41) is 0. The molecule has 0 unspecified atom stereocenters. The molecule has 3 rings (SSSR count).